The van der Waals surface area contributed by atoms with E-state index in [1.54, 1.807) is 0 Å². The Hall–Kier alpha value is -6.97. The SMILES string of the molecule is [2H]c1c([2H])c([2H])c2c(c1[2H])c([2H])c(-c1nc(-c3cccc(-c4ccc5cc(-c6ccccc6)ccc5c4)c3)nc(-c3cccc4ccccc34)n1)c1c([2H])c([2H])c([2H])c([2H])c12. The minimum atomic E-state index is -0.581. The van der Waals surface area contributed by atoms with Crippen LogP contribution >= 0.6 is 0 Å². The van der Waals surface area contributed by atoms with Crippen LogP contribution in [0.3, 0.4) is 0 Å². The summed E-state index contributed by atoms with van der Waals surface area (Å²) in [5, 5.41) is 3.28. The van der Waals surface area contributed by atoms with E-state index in [1.807, 2.05) is 84.9 Å². The van der Waals surface area contributed by atoms with E-state index in [0.29, 0.717) is 11.1 Å². The Morgan fingerprint density at radius 2 is 0.904 bits per heavy atom. The second-order valence-corrected chi connectivity index (χ2v) is 12.6. The Balaban J connectivity index is 1.23. The highest BCUT2D eigenvalue weighted by molar-refractivity contribution is 6.13. The molecule has 0 fully saturated rings. The number of hydrogen-bond donors (Lipinski definition) is 0. The third kappa shape index (κ3) is 5.28. The third-order valence-corrected chi connectivity index (χ3v) is 9.42. The molecule has 3 nitrogen and oxygen atoms in total. The zero-order valence-corrected chi connectivity index (χ0v) is 27.5. The van der Waals surface area contributed by atoms with Crippen LogP contribution in [0.1, 0.15) is 12.3 Å². The Morgan fingerprint density at radius 3 is 1.73 bits per heavy atom. The van der Waals surface area contributed by atoms with Gasteiger partial charge >= 0.3 is 0 Å². The van der Waals surface area contributed by atoms with Gasteiger partial charge in [0.15, 0.2) is 17.5 Å². The molecule has 3 heteroatoms. The summed E-state index contributed by atoms with van der Waals surface area (Å²) in [6, 6.07) is 39.4. The summed E-state index contributed by atoms with van der Waals surface area (Å²) < 4.78 is 79.7. The van der Waals surface area contributed by atoms with E-state index in [1.165, 1.54) is 0 Å². The summed E-state index contributed by atoms with van der Waals surface area (Å²) in [5.41, 5.74) is 5.28. The van der Waals surface area contributed by atoms with Crippen molar-refractivity contribution in [2.45, 2.75) is 0 Å². The van der Waals surface area contributed by atoms with Crippen molar-refractivity contribution in [1.29, 1.82) is 0 Å². The first-order valence-corrected chi connectivity index (χ1v) is 16.9. The maximum Gasteiger partial charge on any atom is 0.164 e. The van der Waals surface area contributed by atoms with Gasteiger partial charge in [-0.05, 0) is 89.6 Å². The van der Waals surface area contributed by atoms with Crippen LogP contribution < -0.4 is 0 Å². The van der Waals surface area contributed by atoms with Gasteiger partial charge in [-0.1, -0.05) is 164 Å². The molecule has 0 unspecified atom stereocenters. The monoisotopic (exact) mass is 670 g/mol. The Bertz CT molecular complexity index is 3480. The molecule has 0 aliphatic heterocycles. The van der Waals surface area contributed by atoms with Gasteiger partial charge in [0.05, 0.1) is 12.3 Å². The zero-order chi connectivity index (χ0) is 42.3. The van der Waals surface area contributed by atoms with Crippen molar-refractivity contribution in [1.82, 2.24) is 15.0 Å². The van der Waals surface area contributed by atoms with Gasteiger partial charge < -0.3 is 0 Å². The molecule has 242 valence electrons. The molecule has 0 bridgehead atoms. The van der Waals surface area contributed by atoms with Crippen molar-refractivity contribution >= 4 is 43.1 Å². The van der Waals surface area contributed by atoms with E-state index in [2.05, 4.69) is 48.5 Å². The first-order chi connectivity index (χ1) is 29.5. The molecule has 1 heterocycles. The largest absolute Gasteiger partial charge is 0.208 e. The molecule has 0 spiro atoms. The van der Waals surface area contributed by atoms with Gasteiger partial charge in [0.1, 0.15) is 0 Å². The Kier molecular flexibility index (Phi) is 5.25. The van der Waals surface area contributed by atoms with Crippen LogP contribution in [0.4, 0.5) is 0 Å². The lowest BCUT2D eigenvalue weighted by atomic mass is 9.96. The average Bonchev–Trinajstić information content (AvgIpc) is 3.30. The van der Waals surface area contributed by atoms with Crippen molar-refractivity contribution in [2.75, 3.05) is 0 Å². The van der Waals surface area contributed by atoms with Crippen LogP contribution in [-0.2, 0) is 0 Å². The number of aromatic nitrogens is 3. The maximum atomic E-state index is 9.61. The molecule has 0 atom stereocenters. The predicted octanol–water partition coefficient (Wildman–Crippen LogP) is 12.8. The Morgan fingerprint density at radius 1 is 0.327 bits per heavy atom. The minimum Gasteiger partial charge on any atom is -0.208 e. The van der Waals surface area contributed by atoms with Crippen molar-refractivity contribution in [2.24, 2.45) is 0 Å². The van der Waals surface area contributed by atoms with Gasteiger partial charge in [-0.3, -0.25) is 0 Å². The molecule has 0 aliphatic rings. The van der Waals surface area contributed by atoms with E-state index in [-0.39, 0.29) is 44.6 Å². The fourth-order valence-corrected chi connectivity index (χ4v) is 6.87. The smallest absolute Gasteiger partial charge is 0.164 e. The molecule has 9 aromatic carbocycles. The van der Waals surface area contributed by atoms with E-state index < -0.39 is 54.4 Å². The molecule has 0 saturated heterocycles. The molecule has 52 heavy (non-hydrogen) atoms. The van der Waals surface area contributed by atoms with Crippen LogP contribution in [0.2, 0.25) is 0 Å². The first kappa shape index (κ1) is 22.0. The number of fused-ring (bicyclic) bond motifs is 5. The fourth-order valence-electron chi connectivity index (χ4n) is 6.87. The maximum absolute atomic E-state index is 9.61. The van der Waals surface area contributed by atoms with Crippen LogP contribution in [-0.4, -0.2) is 15.0 Å². The summed E-state index contributed by atoms with van der Waals surface area (Å²) >= 11 is 0. The molecule has 10 rings (SSSR count). The Labute approximate surface area is 314 Å². The summed E-state index contributed by atoms with van der Waals surface area (Å²) in [5.74, 6) is 0.379. The van der Waals surface area contributed by atoms with Gasteiger partial charge in [0.25, 0.3) is 0 Å². The lowest BCUT2D eigenvalue weighted by Crippen LogP contribution is -2.01. The van der Waals surface area contributed by atoms with Crippen molar-refractivity contribution in [3.8, 4) is 56.4 Å². The molecule has 0 saturated carbocycles. The second-order valence-electron chi connectivity index (χ2n) is 12.6. The molecule has 0 N–H and O–H groups in total. The van der Waals surface area contributed by atoms with Crippen molar-refractivity contribution in [3.05, 3.63) is 188 Å². The minimum absolute atomic E-state index is 0.0902. The predicted molar refractivity (Wildman–Crippen MR) is 217 cm³/mol. The molecule has 1 aromatic heterocycles. The van der Waals surface area contributed by atoms with E-state index in [4.69, 9.17) is 25.9 Å². The lowest BCUT2D eigenvalue weighted by molar-refractivity contribution is 1.08. The molecule has 0 aliphatic carbocycles. The molecule has 0 radical (unpaired) electrons. The van der Waals surface area contributed by atoms with E-state index >= 15 is 0 Å². The van der Waals surface area contributed by atoms with Crippen molar-refractivity contribution < 1.29 is 12.3 Å². The topological polar surface area (TPSA) is 38.7 Å². The van der Waals surface area contributed by atoms with Gasteiger partial charge in [-0.25, -0.2) is 15.0 Å². The lowest BCUT2D eigenvalue weighted by Gasteiger charge is -2.13. The molecule has 10 aromatic rings. The van der Waals surface area contributed by atoms with Crippen LogP contribution in [0.15, 0.2) is 188 Å². The van der Waals surface area contributed by atoms with Crippen LogP contribution in [0.5, 0.6) is 0 Å². The van der Waals surface area contributed by atoms with Crippen molar-refractivity contribution in [3.63, 3.8) is 0 Å². The third-order valence-electron chi connectivity index (χ3n) is 9.42. The van der Waals surface area contributed by atoms with Gasteiger partial charge in [-0.15, -0.1) is 0 Å². The first-order valence-electron chi connectivity index (χ1n) is 21.4. The summed E-state index contributed by atoms with van der Waals surface area (Å²) in [7, 11) is 0. The average molecular weight is 671 g/mol. The summed E-state index contributed by atoms with van der Waals surface area (Å²) in [6.07, 6.45) is 0. The normalized spacial score (nSPS) is 13.9. The van der Waals surface area contributed by atoms with Gasteiger partial charge in [0, 0.05) is 16.7 Å². The van der Waals surface area contributed by atoms with Crippen LogP contribution in [0.25, 0.3) is 99.5 Å². The van der Waals surface area contributed by atoms with E-state index in [9.17, 15) is 1.37 Å². The highest BCUT2D eigenvalue weighted by Crippen LogP contribution is 2.37. The quantitative estimate of drug-likeness (QED) is 0.171. The molecular weight excluding hydrogens is 631 g/mol. The number of benzene rings is 9. The van der Waals surface area contributed by atoms with Gasteiger partial charge in [0.2, 0.25) is 0 Å². The van der Waals surface area contributed by atoms with Gasteiger partial charge in [-0.2, -0.15) is 0 Å². The number of rotatable bonds is 5. The highest BCUT2D eigenvalue weighted by atomic mass is 15.0. The molecular formula is C49H31N3. The van der Waals surface area contributed by atoms with E-state index in [0.717, 1.165) is 43.8 Å². The molecule has 0 amide bonds. The summed E-state index contributed by atoms with van der Waals surface area (Å²) in [4.78, 5) is 14.9. The second kappa shape index (κ2) is 12.4. The number of hydrogen-bond acceptors (Lipinski definition) is 3. The fraction of sp³-hybridized carbons (Fsp3) is 0. The number of nitrogens with zero attached hydrogens (tertiary/aromatic N) is 3. The summed E-state index contributed by atoms with van der Waals surface area (Å²) in [6.45, 7) is 0. The highest BCUT2D eigenvalue weighted by Gasteiger charge is 2.17. The standard InChI is InChI=1S/C49H31N3/c1-2-12-32(13-3-1)35-24-25-38-29-36(26-27-37(38)28-35)34-17-10-18-40(30-34)47-50-48(45-23-11-16-33-14-4-6-19-41(33)45)52-49(51-47)46-31-39-15-5-7-20-42(39)43-21-8-9-22-44(43)46/h1-31H/i5D,7D,8D,9D,15D,20D,21D,22D,31D. The van der Waals surface area contributed by atoms with Crippen LogP contribution in [0, 0.1) is 0 Å². The zero-order valence-electron chi connectivity index (χ0n) is 36.5.